The Morgan fingerprint density at radius 1 is 0.346 bits per heavy atom. The molecule has 0 N–H and O–H groups in total. The van der Waals surface area contributed by atoms with Crippen molar-refractivity contribution in [2.75, 3.05) is 0 Å². The van der Waals surface area contributed by atoms with Gasteiger partial charge >= 0.3 is 0 Å². The molecule has 0 aliphatic carbocycles. The lowest BCUT2D eigenvalue weighted by atomic mass is 9.96. The van der Waals surface area contributed by atoms with Crippen LogP contribution in [-0.2, 0) is 0 Å². The Bertz CT molecular complexity index is 232. The topological polar surface area (TPSA) is 0 Å². The van der Waals surface area contributed by atoms with Crippen LogP contribution >= 0.6 is 0 Å². The molecule has 0 spiro atoms. The molecule has 0 bridgehead atoms. The second-order valence-corrected chi connectivity index (χ2v) is 9.05. The standard InChI is InChI=1S/C26H54/c1-4-6-8-10-12-13-14-15-16-17-18-19-21-23-25-26(3)24-22-20-11-9-7-5-2/h26H,4-25H2,1-3H3/t26-/m0/s1. The molecular formula is C26H54. The van der Waals surface area contributed by atoms with Gasteiger partial charge in [0.25, 0.3) is 0 Å². The lowest BCUT2D eigenvalue weighted by molar-refractivity contribution is 0.430. The van der Waals surface area contributed by atoms with Crippen LogP contribution in [0.4, 0.5) is 0 Å². The van der Waals surface area contributed by atoms with Crippen LogP contribution in [0, 0.1) is 5.92 Å². The third kappa shape index (κ3) is 22.0. The third-order valence-corrected chi connectivity index (χ3v) is 6.10. The van der Waals surface area contributed by atoms with Crippen molar-refractivity contribution in [1.82, 2.24) is 0 Å². The molecule has 0 nitrogen and oxygen atoms in total. The van der Waals surface area contributed by atoms with Crippen LogP contribution in [-0.4, -0.2) is 0 Å². The molecule has 26 heavy (non-hydrogen) atoms. The van der Waals surface area contributed by atoms with E-state index in [9.17, 15) is 0 Å². The lowest BCUT2D eigenvalue weighted by Gasteiger charge is -2.11. The molecule has 0 heterocycles. The highest BCUT2D eigenvalue weighted by molar-refractivity contribution is 4.56. The Morgan fingerprint density at radius 2 is 0.577 bits per heavy atom. The second kappa shape index (κ2) is 23.0. The van der Waals surface area contributed by atoms with Gasteiger partial charge in [-0.1, -0.05) is 162 Å². The van der Waals surface area contributed by atoms with Gasteiger partial charge in [0.2, 0.25) is 0 Å². The quantitative estimate of drug-likeness (QED) is 0.167. The smallest absolute Gasteiger partial charge is 0.0443 e. The summed E-state index contributed by atoms with van der Waals surface area (Å²) in [5.74, 6) is 0.971. The summed E-state index contributed by atoms with van der Waals surface area (Å²) in [6.45, 7) is 7.09. The lowest BCUT2D eigenvalue weighted by Crippen LogP contribution is -1.95. The van der Waals surface area contributed by atoms with E-state index < -0.39 is 0 Å². The second-order valence-electron chi connectivity index (χ2n) is 9.05. The van der Waals surface area contributed by atoms with Crippen LogP contribution in [0.3, 0.4) is 0 Å². The number of unbranched alkanes of at least 4 members (excludes halogenated alkanes) is 18. The molecule has 0 aromatic carbocycles. The van der Waals surface area contributed by atoms with E-state index >= 15 is 0 Å². The zero-order valence-electron chi connectivity index (χ0n) is 19.1. The highest BCUT2D eigenvalue weighted by Crippen LogP contribution is 2.19. The summed E-state index contributed by atoms with van der Waals surface area (Å²) in [4.78, 5) is 0. The van der Waals surface area contributed by atoms with Gasteiger partial charge in [-0.3, -0.25) is 0 Å². The molecular weight excluding hydrogens is 312 g/mol. The van der Waals surface area contributed by atoms with E-state index in [0.29, 0.717) is 0 Å². The van der Waals surface area contributed by atoms with E-state index in [0.717, 1.165) is 5.92 Å². The third-order valence-electron chi connectivity index (χ3n) is 6.10. The molecule has 0 heteroatoms. The summed E-state index contributed by atoms with van der Waals surface area (Å²) in [5.41, 5.74) is 0. The summed E-state index contributed by atoms with van der Waals surface area (Å²) in [6, 6.07) is 0. The van der Waals surface area contributed by atoms with Gasteiger partial charge < -0.3 is 0 Å². The molecule has 0 saturated heterocycles. The maximum atomic E-state index is 2.48. The van der Waals surface area contributed by atoms with Gasteiger partial charge in [-0.05, 0) is 5.92 Å². The number of hydrogen-bond acceptors (Lipinski definition) is 0. The van der Waals surface area contributed by atoms with E-state index in [1.54, 1.807) is 0 Å². The SMILES string of the molecule is CCCCCCCCCCCCCCCC[C@@H](C)CCCCCCCC. The van der Waals surface area contributed by atoms with E-state index in [-0.39, 0.29) is 0 Å². The maximum absolute atomic E-state index is 2.48. The van der Waals surface area contributed by atoms with Crippen molar-refractivity contribution in [2.24, 2.45) is 5.92 Å². The zero-order valence-corrected chi connectivity index (χ0v) is 19.1. The zero-order chi connectivity index (χ0) is 19.1. The van der Waals surface area contributed by atoms with Crippen molar-refractivity contribution < 1.29 is 0 Å². The van der Waals surface area contributed by atoms with Crippen molar-refractivity contribution in [1.29, 1.82) is 0 Å². The Morgan fingerprint density at radius 3 is 0.846 bits per heavy atom. The average molecular weight is 367 g/mol. The molecule has 0 aromatic rings. The predicted molar refractivity (Wildman–Crippen MR) is 122 cm³/mol. The summed E-state index contributed by atoms with van der Waals surface area (Å²) >= 11 is 0. The molecule has 0 aliphatic rings. The fourth-order valence-electron chi connectivity index (χ4n) is 4.10. The molecule has 0 amide bonds. The Kier molecular flexibility index (Phi) is 23.0. The largest absolute Gasteiger partial charge is 0.0654 e. The summed E-state index contributed by atoms with van der Waals surface area (Å²) in [5, 5.41) is 0. The molecule has 1 atom stereocenters. The van der Waals surface area contributed by atoms with Gasteiger partial charge in [-0.25, -0.2) is 0 Å². The normalized spacial score (nSPS) is 12.6. The Balaban J connectivity index is 3.09. The molecule has 0 fully saturated rings. The molecule has 0 aliphatic heterocycles. The first-order valence-electron chi connectivity index (χ1n) is 12.8. The first kappa shape index (κ1) is 26.0. The monoisotopic (exact) mass is 366 g/mol. The van der Waals surface area contributed by atoms with Crippen molar-refractivity contribution in [2.45, 2.75) is 162 Å². The minimum absolute atomic E-state index is 0.971. The predicted octanol–water partition coefficient (Wildman–Crippen LogP) is 10.2. The summed E-state index contributed by atoms with van der Waals surface area (Å²) in [6.07, 6.45) is 32.3. The fraction of sp³-hybridized carbons (Fsp3) is 1.00. The minimum atomic E-state index is 0.971. The summed E-state index contributed by atoms with van der Waals surface area (Å²) in [7, 11) is 0. The van der Waals surface area contributed by atoms with Gasteiger partial charge in [0.05, 0.1) is 0 Å². The average Bonchev–Trinajstić information content (AvgIpc) is 2.65. The van der Waals surface area contributed by atoms with Crippen LogP contribution in [0.2, 0.25) is 0 Å². The van der Waals surface area contributed by atoms with Crippen LogP contribution in [0.1, 0.15) is 162 Å². The summed E-state index contributed by atoms with van der Waals surface area (Å²) < 4.78 is 0. The first-order valence-corrected chi connectivity index (χ1v) is 12.8. The molecule has 0 aromatic heterocycles. The first-order chi connectivity index (χ1) is 12.8. The van der Waals surface area contributed by atoms with E-state index in [1.165, 1.54) is 141 Å². The molecule has 0 saturated carbocycles. The van der Waals surface area contributed by atoms with Crippen LogP contribution in [0.25, 0.3) is 0 Å². The van der Waals surface area contributed by atoms with Gasteiger partial charge in [-0.15, -0.1) is 0 Å². The van der Waals surface area contributed by atoms with Crippen molar-refractivity contribution in [3.8, 4) is 0 Å². The van der Waals surface area contributed by atoms with Gasteiger partial charge in [0.15, 0.2) is 0 Å². The van der Waals surface area contributed by atoms with Gasteiger partial charge in [0, 0.05) is 0 Å². The fourth-order valence-corrected chi connectivity index (χ4v) is 4.10. The van der Waals surface area contributed by atoms with Crippen LogP contribution in [0.15, 0.2) is 0 Å². The maximum Gasteiger partial charge on any atom is -0.0443 e. The Hall–Kier alpha value is 0. The van der Waals surface area contributed by atoms with Crippen molar-refractivity contribution in [3.63, 3.8) is 0 Å². The minimum Gasteiger partial charge on any atom is -0.0654 e. The van der Waals surface area contributed by atoms with Gasteiger partial charge in [0.1, 0.15) is 0 Å². The van der Waals surface area contributed by atoms with Crippen LogP contribution in [0.5, 0.6) is 0 Å². The Labute approximate surface area is 168 Å². The van der Waals surface area contributed by atoms with Crippen molar-refractivity contribution >= 4 is 0 Å². The highest BCUT2D eigenvalue weighted by Gasteiger charge is 2.02. The van der Waals surface area contributed by atoms with E-state index in [1.807, 2.05) is 0 Å². The van der Waals surface area contributed by atoms with Crippen molar-refractivity contribution in [3.05, 3.63) is 0 Å². The number of hydrogen-bond donors (Lipinski definition) is 0. The molecule has 0 rings (SSSR count). The highest BCUT2D eigenvalue weighted by atomic mass is 14.1. The van der Waals surface area contributed by atoms with Crippen LogP contribution < -0.4 is 0 Å². The van der Waals surface area contributed by atoms with E-state index in [4.69, 9.17) is 0 Å². The number of rotatable bonds is 22. The van der Waals surface area contributed by atoms with Gasteiger partial charge in [-0.2, -0.15) is 0 Å². The molecule has 158 valence electrons. The molecule has 0 radical (unpaired) electrons. The van der Waals surface area contributed by atoms with E-state index in [2.05, 4.69) is 20.8 Å². The molecule has 0 unspecified atom stereocenters.